The quantitative estimate of drug-likeness (QED) is 0.496. The molecular formula is C24H39N3O7. The Morgan fingerprint density at radius 2 is 1.35 bits per heavy atom. The van der Waals surface area contributed by atoms with E-state index in [2.05, 4.69) is 0 Å². The summed E-state index contributed by atoms with van der Waals surface area (Å²) in [4.78, 5) is 39.5. The second kappa shape index (κ2) is 16.2. The maximum absolute atomic E-state index is 11.5. The molecule has 1 aliphatic rings. The van der Waals surface area contributed by atoms with Crippen LogP contribution in [0.25, 0.3) is 0 Å². The van der Waals surface area contributed by atoms with Crippen LogP contribution >= 0.6 is 0 Å². The monoisotopic (exact) mass is 481 g/mol. The fraction of sp³-hybridized carbons (Fsp3) is 0.625. The molecule has 0 radical (unpaired) electrons. The Labute approximate surface area is 201 Å². The van der Waals surface area contributed by atoms with Gasteiger partial charge in [-0.2, -0.15) is 0 Å². The van der Waals surface area contributed by atoms with E-state index >= 15 is 0 Å². The van der Waals surface area contributed by atoms with Gasteiger partial charge < -0.3 is 20.1 Å². The normalized spacial score (nSPS) is 19.2. The third kappa shape index (κ3) is 12.1. The molecule has 10 heteroatoms. The van der Waals surface area contributed by atoms with Crippen molar-refractivity contribution in [2.24, 2.45) is 0 Å². The Bertz CT molecular complexity index is 757. The number of hydrogen-bond donors (Lipinski definition) is 3. The topological polar surface area (TPSA) is 131 Å². The summed E-state index contributed by atoms with van der Waals surface area (Å²) < 4.78 is 5.66. The zero-order valence-electron chi connectivity index (χ0n) is 20.5. The first-order chi connectivity index (χ1) is 16.2. The lowest BCUT2D eigenvalue weighted by Crippen LogP contribution is -2.51. The van der Waals surface area contributed by atoms with Crippen molar-refractivity contribution in [2.75, 3.05) is 65.6 Å². The van der Waals surface area contributed by atoms with Crippen LogP contribution in [0.2, 0.25) is 0 Å². The number of carbonyl (C=O) groups is 3. The molecule has 1 saturated heterocycles. The molecule has 0 aliphatic carbocycles. The Kier molecular flexibility index (Phi) is 14.0. The molecule has 34 heavy (non-hydrogen) atoms. The molecule has 1 unspecified atom stereocenters. The fourth-order valence-corrected chi connectivity index (χ4v) is 3.82. The van der Waals surface area contributed by atoms with Gasteiger partial charge in [0.25, 0.3) is 0 Å². The second-order valence-corrected chi connectivity index (χ2v) is 8.12. The van der Waals surface area contributed by atoms with Crippen molar-refractivity contribution in [1.29, 1.82) is 0 Å². The SMILES string of the molecule is CC.Cc1ccc(CC2CN(CC(=O)O)CCN(CC(=O)O)CCOCCN2CC(=O)O)cc1. The van der Waals surface area contributed by atoms with Gasteiger partial charge in [-0.15, -0.1) is 0 Å². The molecule has 0 spiro atoms. The molecule has 192 valence electrons. The first kappa shape index (κ1) is 29.5. The van der Waals surface area contributed by atoms with Gasteiger partial charge in [-0.1, -0.05) is 43.7 Å². The number of aryl methyl sites for hydroxylation is 1. The van der Waals surface area contributed by atoms with Crippen molar-refractivity contribution in [1.82, 2.24) is 14.7 Å². The maximum atomic E-state index is 11.5. The molecule has 1 aromatic rings. The van der Waals surface area contributed by atoms with Crippen LogP contribution in [0, 0.1) is 6.92 Å². The Balaban J connectivity index is 0.00000281. The van der Waals surface area contributed by atoms with Gasteiger partial charge in [-0.3, -0.25) is 29.1 Å². The number of benzene rings is 1. The highest BCUT2D eigenvalue weighted by Crippen LogP contribution is 2.13. The zero-order chi connectivity index (χ0) is 25.5. The van der Waals surface area contributed by atoms with E-state index < -0.39 is 17.9 Å². The molecule has 3 N–H and O–H groups in total. The molecular weight excluding hydrogens is 442 g/mol. The van der Waals surface area contributed by atoms with E-state index in [0.717, 1.165) is 11.1 Å². The Hall–Kier alpha value is -2.53. The smallest absolute Gasteiger partial charge is 0.317 e. The molecule has 1 atom stereocenters. The first-order valence-corrected chi connectivity index (χ1v) is 11.7. The average Bonchev–Trinajstić information content (AvgIpc) is 2.76. The van der Waals surface area contributed by atoms with Crippen molar-refractivity contribution in [2.45, 2.75) is 33.2 Å². The summed E-state index contributed by atoms with van der Waals surface area (Å²) in [6, 6.07) is 7.74. The molecule has 0 amide bonds. The number of carboxylic acids is 3. The third-order valence-corrected chi connectivity index (χ3v) is 5.44. The number of carboxylic acid groups (broad SMARTS) is 3. The van der Waals surface area contributed by atoms with Gasteiger partial charge in [0.05, 0.1) is 32.8 Å². The van der Waals surface area contributed by atoms with Crippen LogP contribution in [-0.4, -0.2) is 120 Å². The number of ether oxygens (including phenoxy) is 1. The fourth-order valence-electron chi connectivity index (χ4n) is 3.82. The molecule has 1 fully saturated rings. The highest BCUT2D eigenvalue weighted by molar-refractivity contribution is 5.70. The summed E-state index contributed by atoms with van der Waals surface area (Å²) in [5, 5.41) is 28.0. The van der Waals surface area contributed by atoms with Crippen LogP contribution in [0.3, 0.4) is 0 Å². The molecule has 1 heterocycles. The predicted molar refractivity (Wildman–Crippen MR) is 128 cm³/mol. The summed E-state index contributed by atoms with van der Waals surface area (Å²) in [6.45, 7) is 7.93. The van der Waals surface area contributed by atoms with Gasteiger partial charge in [0.2, 0.25) is 0 Å². The van der Waals surface area contributed by atoms with Crippen LogP contribution in [0.5, 0.6) is 0 Å². The van der Waals surface area contributed by atoms with E-state index in [1.165, 1.54) is 0 Å². The predicted octanol–water partition coefficient (Wildman–Crippen LogP) is 1.12. The number of hydrogen-bond acceptors (Lipinski definition) is 7. The van der Waals surface area contributed by atoms with Gasteiger partial charge in [0, 0.05) is 38.8 Å². The lowest BCUT2D eigenvalue weighted by Gasteiger charge is -2.36. The minimum Gasteiger partial charge on any atom is -0.480 e. The minimum atomic E-state index is -0.982. The lowest BCUT2D eigenvalue weighted by molar-refractivity contribution is -0.141. The van der Waals surface area contributed by atoms with E-state index in [1.54, 1.807) is 9.80 Å². The van der Waals surface area contributed by atoms with Crippen LogP contribution in [0.4, 0.5) is 0 Å². The summed E-state index contributed by atoms with van der Waals surface area (Å²) in [5.41, 5.74) is 2.15. The maximum Gasteiger partial charge on any atom is 0.317 e. The summed E-state index contributed by atoms with van der Waals surface area (Å²) >= 11 is 0. The lowest BCUT2D eigenvalue weighted by atomic mass is 10.0. The molecule has 0 saturated carbocycles. The van der Waals surface area contributed by atoms with Crippen LogP contribution in [-0.2, 0) is 25.5 Å². The van der Waals surface area contributed by atoms with E-state index in [1.807, 2.05) is 49.9 Å². The average molecular weight is 482 g/mol. The van der Waals surface area contributed by atoms with Crippen molar-refractivity contribution < 1.29 is 34.4 Å². The van der Waals surface area contributed by atoms with Gasteiger partial charge in [-0.25, -0.2) is 0 Å². The largest absolute Gasteiger partial charge is 0.480 e. The van der Waals surface area contributed by atoms with Crippen LogP contribution < -0.4 is 0 Å². The molecule has 0 aromatic heterocycles. The Morgan fingerprint density at radius 1 is 0.824 bits per heavy atom. The number of nitrogens with zero attached hydrogens (tertiary/aromatic N) is 3. The van der Waals surface area contributed by atoms with E-state index in [0.29, 0.717) is 52.4 Å². The van der Waals surface area contributed by atoms with Crippen molar-refractivity contribution in [3.63, 3.8) is 0 Å². The standard InChI is InChI=1S/C22H33N3O7.C2H6/c1-17-2-4-18(5-3-17)12-19-13-24(15-21(28)29)7-6-23(14-20(26)27)8-10-32-11-9-25(19)16-22(30)31;1-2/h2-5,19H,6-16H2,1H3,(H,26,27)(H,28,29)(H,30,31);1-2H3. The summed E-state index contributed by atoms with van der Waals surface area (Å²) in [6.07, 6.45) is 0.558. The van der Waals surface area contributed by atoms with Gasteiger partial charge in [-0.05, 0) is 18.9 Å². The van der Waals surface area contributed by atoms with E-state index in [9.17, 15) is 24.6 Å². The van der Waals surface area contributed by atoms with E-state index in [4.69, 9.17) is 9.84 Å². The van der Waals surface area contributed by atoms with Crippen molar-refractivity contribution >= 4 is 17.9 Å². The number of aliphatic carboxylic acids is 3. The third-order valence-electron chi connectivity index (χ3n) is 5.44. The van der Waals surface area contributed by atoms with Crippen molar-refractivity contribution in [3.05, 3.63) is 35.4 Å². The summed E-state index contributed by atoms with van der Waals surface area (Å²) in [5.74, 6) is -2.89. The number of rotatable bonds is 8. The van der Waals surface area contributed by atoms with Crippen LogP contribution in [0.15, 0.2) is 24.3 Å². The minimum absolute atomic E-state index is 0.151. The van der Waals surface area contributed by atoms with Crippen molar-refractivity contribution in [3.8, 4) is 0 Å². The highest BCUT2D eigenvalue weighted by Gasteiger charge is 2.26. The zero-order valence-corrected chi connectivity index (χ0v) is 20.5. The molecule has 2 rings (SSSR count). The Morgan fingerprint density at radius 3 is 1.94 bits per heavy atom. The highest BCUT2D eigenvalue weighted by atomic mass is 16.5. The molecule has 10 nitrogen and oxygen atoms in total. The molecule has 1 aliphatic heterocycles. The van der Waals surface area contributed by atoms with Gasteiger partial charge in [0.15, 0.2) is 0 Å². The van der Waals surface area contributed by atoms with Gasteiger partial charge in [0.1, 0.15) is 0 Å². The van der Waals surface area contributed by atoms with Crippen LogP contribution in [0.1, 0.15) is 25.0 Å². The second-order valence-electron chi connectivity index (χ2n) is 8.12. The molecule has 1 aromatic carbocycles. The molecule has 0 bridgehead atoms. The summed E-state index contributed by atoms with van der Waals surface area (Å²) in [7, 11) is 0. The first-order valence-electron chi connectivity index (χ1n) is 11.7. The van der Waals surface area contributed by atoms with E-state index in [-0.39, 0.29) is 25.7 Å². The van der Waals surface area contributed by atoms with Gasteiger partial charge >= 0.3 is 17.9 Å².